The third-order valence-corrected chi connectivity index (χ3v) is 6.47. The molecule has 0 radical (unpaired) electrons. The van der Waals surface area contributed by atoms with E-state index in [0.29, 0.717) is 11.3 Å². The Labute approximate surface area is 225 Å². The number of benzene rings is 2. The molecule has 2 N–H and O–H groups in total. The number of hydrogen-bond acceptors (Lipinski definition) is 8. The molecule has 14 heteroatoms. The number of aryl methyl sites for hydroxylation is 2. The molecule has 2 amide bonds. The number of nitrogens with zero attached hydrogens (tertiary/aromatic N) is 5. The minimum absolute atomic E-state index is 0.0161. The molecule has 0 bridgehead atoms. The first-order chi connectivity index (χ1) is 18.6. The van der Waals surface area contributed by atoms with Gasteiger partial charge in [-0.3, -0.25) is 9.59 Å². The zero-order valence-corrected chi connectivity index (χ0v) is 21.7. The summed E-state index contributed by atoms with van der Waals surface area (Å²) in [5, 5.41) is 20.8. The SMILES string of the molecule is Cc1cc(C(=O)NC2(C(=O)NC(C)c3ccc(-c4cc(Cl)cc(F)c4-c4nnn(C)n4)cc3F)COC2)on1. The van der Waals surface area contributed by atoms with Crippen molar-refractivity contribution in [2.75, 3.05) is 13.2 Å². The number of amides is 2. The fourth-order valence-corrected chi connectivity index (χ4v) is 4.39. The maximum absolute atomic E-state index is 15.4. The Hall–Kier alpha value is -4.23. The van der Waals surface area contributed by atoms with Gasteiger partial charge in [0.1, 0.15) is 11.6 Å². The van der Waals surface area contributed by atoms with E-state index in [4.69, 9.17) is 20.9 Å². The second-order valence-corrected chi connectivity index (χ2v) is 9.64. The van der Waals surface area contributed by atoms with Gasteiger partial charge in [-0.2, -0.15) is 4.80 Å². The van der Waals surface area contributed by atoms with Crippen LogP contribution in [-0.2, 0) is 16.6 Å². The van der Waals surface area contributed by atoms with Gasteiger partial charge < -0.3 is 19.9 Å². The number of ether oxygens (including phenoxy) is 1. The van der Waals surface area contributed by atoms with Crippen molar-refractivity contribution in [1.82, 2.24) is 36.0 Å². The molecule has 1 unspecified atom stereocenters. The van der Waals surface area contributed by atoms with Crippen LogP contribution in [0.25, 0.3) is 22.5 Å². The molecule has 3 heterocycles. The molecule has 4 aromatic rings. The molecule has 2 aromatic heterocycles. The summed E-state index contributed by atoms with van der Waals surface area (Å²) in [6.45, 7) is 3.13. The van der Waals surface area contributed by atoms with Crippen LogP contribution in [0.1, 0.15) is 34.8 Å². The van der Waals surface area contributed by atoms with Crippen molar-refractivity contribution in [2.24, 2.45) is 7.05 Å². The summed E-state index contributed by atoms with van der Waals surface area (Å²) in [5.74, 6) is -2.55. The Bertz CT molecular complexity index is 1580. The normalized spacial score (nSPS) is 14.9. The number of rotatable bonds is 7. The van der Waals surface area contributed by atoms with E-state index in [0.717, 1.165) is 6.07 Å². The van der Waals surface area contributed by atoms with Gasteiger partial charge in [-0.25, -0.2) is 8.78 Å². The highest BCUT2D eigenvalue weighted by atomic mass is 35.5. The van der Waals surface area contributed by atoms with Gasteiger partial charge in [-0.15, -0.1) is 10.2 Å². The molecule has 5 rings (SSSR count). The van der Waals surface area contributed by atoms with Gasteiger partial charge in [-0.05, 0) is 48.4 Å². The molecule has 1 aliphatic rings. The second kappa shape index (κ2) is 10.2. The van der Waals surface area contributed by atoms with Crippen LogP contribution in [0.15, 0.2) is 40.9 Å². The van der Waals surface area contributed by atoms with Gasteiger partial charge >= 0.3 is 0 Å². The molecule has 1 atom stereocenters. The number of carbonyl (C=O) groups is 2. The van der Waals surface area contributed by atoms with E-state index in [1.54, 1.807) is 19.9 Å². The van der Waals surface area contributed by atoms with E-state index in [9.17, 15) is 14.0 Å². The molecule has 0 saturated carbocycles. The van der Waals surface area contributed by atoms with Crippen molar-refractivity contribution in [2.45, 2.75) is 25.4 Å². The van der Waals surface area contributed by atoms with E-state index in [1.807, 2.05) is 0 Å². The summed E-state index contributed by atoms with van der Waals surface area (Å²) in [7, 11) is 1.54. The van der Waals surface area contributed by atoms with Gasteiger partial charge in [-0.1, -0.05) is 28.9 Å². The van der Waals surface area contributed by atoms with E-state index in [1.165, 1.54) is 36.1 Å². The molecule has 202 valence electrons. The van der Waals surface area contributed by atoms with Crippen LogP contribution in [0.4, 0.5) is 8.78 Å². The van der Waals surface area contributed by atoms with Gasteiger partial charge in [0.25, 0.3) is 11.8 Å². The van der Waals surface area contributed by atoms with E-state index < -0.39 is 35.0 Å². The summed E-state index contributed by atoms with van der Waals surface area (Å²) in [6, 6.07) is 7.50. The highest BCUT2D eigenvalue weighted by Gasteiger charge is 2.48. The maximum atomic E-state index is 15.4. The smallest absolute Gasteiger partial charge is 0.290 e. The first kappa shape index (κ1) is 26.4. The molecule has 11 nitrogen and oxygen atoms in total. The largest absolute Gasteiger partial charge is 0.375 e. The van der Waals surface area contributed by atoms with Crippen molar-refractivity contribution >= 4 is 23.4 Å². The number of aromatic nitrogens is 5. The topological polar surface area (TPSA) is 137 Å². The number of carbonyl (C=O) groups excluding carboxylic acids is 2. The highest BCUT2D eigenvalue weighted by Crippen LogP contribution is 2.36. The highest BCUT2D eigenvalue weighted by molar-refractivity contribution is 6.31. The van der Waals surface area contributed by atoms with Crippen molar-refractivity contribution in [1.29, 1.82) is 0 Å². The number of hydrogen-bond donors (Lipinski definition) is 2. The van der Waals surface area contributed by atoms with Crippen LogP contribution in [-0.4, -0.2) is 55.9 Å². The molecule has 1 fully saturated rings. The molecular weight excluding hydrogens is 536 g/mol. The third-order valence-electron chi connectivity index (χ3n) is 6.25. The standard InChI is InChI=1S/C25H22ClF2N7O4/c1-12-6-20(39-33-12)23(36)30-25(10-38-11-25)24(37)29-13(2)16-5-4-14(7-18(16)27)17-8-15(26)9-19(28)21(17)22-31-34-35(3)32-22/h4-9,13H,10-11H2,1-3H3,(H,29,37)(H,30,36). The van der Waals surface area contributed by atoms with E-state index in [2.05, 4.69) is 31.2 Å². The van der Waals surface area contributed by atoms with E-state index in [-0.39, 0.29) is 46.5 Å². The molecule has 1 aliphatic heterocycles. The fraction of sp³-hybridized carbons (Fsp3) is 0.280. The number of tetrazole rings is 1. The predicted molar refractivity (Wildman–Crippen MR) is 133 cm³/mol. The fourth-order valence-electron chi connectivity index (χ4n) is 4.19. The lowest BCUT2D eigenvalue weighted by Gasteiger charge is -2.40. The second-order valence-electron chi connectivity index (χ2n) is 9.21. The lowest BCUT2D eigenvalue weighted by atomic mass is 9.93. The van der Waals surface area contributed by atoms with Crippen LogP contribution >= 0.6 is 11.6 Å². The maximum Gasteiger partial charge on any atom is 0.290 e. The molecule has 39 heavy (non-hydrogen) atoms. The predicted octanol–water partition coefficient (Wildman–Crippen LogP) is 3.15. The summed E-state index contributed by atoms with van der Waals surface area (Å²) >= 11 is 6.09. The first-order valence-corrected chi connectivity index (χ1v) is 12.1. The van der Waals surface area contributed by atoms with Crippen LogP contribution in [0.2, 0.25) is 5.02 Å². The molecule has 0 aliphatic carbocycles. The van der Waals surface area contributed by atoms with Crippen LogP contribution < -0.4 is 10.6 Å². The summed E-state index contributed by atoms with van der Waals surface area (Å²) in [5.41, 5.74) is -0.0637. The molecule has 1 saturated heterocycles. The first-order valence-electron chi connectivity index (χ1n) is 11.7. The Morgan fingerprint density at radius 1 is 1.15 bits per heavy atom. The monoisotopic (exact) mass is 557 g/mol. The summed E-state index contributed by atoms with van der Waals surface area (Å²) in [4.78, 5) is 26.8. The average molecular weight is 558 g/mol. The average Bonchev–Trinajstić information content (AvgIpc) is 3.48. The molecule has 0 spiro atoms. The Morgan fingerprint density at radius 3 is 2.51 bits per heavy atom. The number of halogens is 3. The van der Waals surface area contributed by atoms with Gasteiger partial charge in [0.15, 0.2) is 5.54 Å². The van der Waals surface area contributed by atoms with Crippen LogP contribution in [0.5, 0.6) is 0 Å². The minimum Gasteiger partial charge on any atom is -0.375 e. The van der Waals surface area contributed by atoms with Gasteiger partial charge in [0.2, 0.25) is 11.6 Å². The lowest BCUT2D eigenvalue weighted by Crippen LogP contribution is -2.70. The minimum atomic E-state index is -1.35. The van der Waals surface area contributed by atoms with Gasteiger partial charge in [0, 0.05) is 16.7 Å². The van der Waals surface area contributed by atoms with Crippen molar-refractivity contribution < 1.29 is 27.6 Å². The van der Waals surface area contributed by atoms with Crippen molar-refractivity contribution in [3.63, 3.8) is 0 Å². The van der Waals surface area contributed by atoms with Crippen LogP contribution in [0, 0.1) is 18.6 Å². The van der Waals surface area contributed by atoms with Crippen molar-refractivity contribution in [3.05, 3.63) is 70.1 Å². The lowest BCUT2D eigenvalue weighted by molar-refractivity contribution is -0.147. The molecule has 2 aromatic carbocycles. The molecular formula is C25H22ClF2N7O4. The Morgan fingerprint density at radius 2 is 1.92 bits per heavy atom. The van der Waals surface area contributed by atoms with Gasteiger partial charge in [0.05, 0.1) is 37.6 Å². The number of nitrogens with one attached hydrogen (secondary N) is 2. The van der Waals surface area contributed by atoms with Crippen molar-refractivity contribution in [3.8, 4) is 22.5 Å². The van der Waals surface area contributed by atoms with E-state index >= 15 is 4.39 Å². The summed E-state index contributed by atoms with van der Waals surface area (Å²) in [6.07, 6.45) is 0. The zero-order chi connectivity index (χ0) is 27.9. The third kappa shape index (κ3) is 5.10. The Kier molecular flexibility index (Phi) is 6.87. The summed E-state index contributed by atoms with van der Waals surface area (Å²) < 4.78 is 40.4. The van der Waals surface area contributed by atoms with Crippen LogP contribution in [0.3, 0.4) is 0 Å². The zero-order valence-electron chi connectivity index (χ0n) is 21.0. The Balaban J connectivity index is 1.37. The quantitative estimate of drug-likeness (QED) is 0.353.